The Balaban J connectivity index is 1.44. The molecular weight excluding hydrogens is 484 g/mol. The predicted octanol–water partition coefficient (Wildman–Crippen LogP) is 8.00. The van der Waals surface area contributed by atoms with Crippen molar-refractivity contribution in [3.05, 3.63) is 87.9 Å². The third kappa shape index (κ3) is 5.02. The van der Waals surface area contributed by atoms with Crippen LogP contribution in [0.15, 0.2) is 60.7 Å². The highest BCUT2D eigenvalue weighted by molar-refractivity contribution is 6.30. The highest BCUT2D eigenvalue weighted by Gasteiger charge is 2.60. The van der Waals surface area contributed by atoms with Crippen LogP contribution in [0.4, 0.5) is 0 Å². The second-order valence-corrected chi connectivity index (χ2v) is 12.1. The SMILES string of the molecule is CO[C@@H](c1cc(COc2ccc3c(c2)[C@@]2(CCC3)C[C@@H]2C(=O)O)ccc1-c1cccc(Cl)c1)C(C)(C)C. The number of benzene rings is 3. The van der Waals surface area contributed by atoms with Gasteiger partial charge in [0.1, 0.15) is 12.4 Å². The lowest BCUT2D eigenvalue weighted by atomic mass is 9.78. The highest BCUT2D eigenvalue weighted by Crippen LogP contribution is 2.60. The summed E-state index contributed by atoms with van der Waals surface area (Å²) in [6.45, 7) is 6.95. The summed E-state index contributed by atoms with van der Waals surface area (Å²) in [5.74, 6) is -0.166. The number of carboxylic acid groups (broad SMARTS) is 1. The molecule has 4 nitrogen and oxygen atoms in total. The number of ether oxygens (including phenoxy) is 2. The summed E-state index contributed by atoms with van der Waals surface area (Å²) in [6.07, 6.45) is 3.61. The van der Waals surface area contributed by atoms with Crippen molar-refractivity contribution in [3.8, 4) is 16.9 Å². The van der Waals surface area contributed by atoms with E-state index in [2.05, 4.69) is 57.2 Å². The molecule has 1 N–H and O–H groups in total. The van der Waals surface area contributed by atoms with Gasteiger partial charge in [0.05, 0.1) is 12.0 Å². The lowest BCUT2D eigenvalue weighted by Gasteiger charge is -2.32. The van der Waals surface area contributed by atoms with Crippen molar-refractivity contribution in [1.82, 2.24) is 0 Å². The average molecular weight is 519 g/mol. The number of rotatable bonds is 7. The summed E-state index contributed by atoms with van der Waals surface area (Å²) in [5.41, 5.74) is 6.43. The quantitative estimate of drug-likeness (QED) is 0.344. The van der Waals surface area contributed by atoms with Crippen LogP contribution in [0, 0.1) is 11.3 Å². The van der Waals surface area contributed by atoms with Gasteiger partial charge < -0.3 is 14.6 Å². The summed E-state index contributed by atoms with van der Waals surface area (Å²) in [4.78, 5) is 11.7. The number of aliphatic carboxylic acids is 1. The first-order chi connectivity index (χ1) is 17.6. The molecule has 3 atom stereocenters. The summed E-state index contributed by atoms with van der Waals surface area (Å²) in [6, 6.07) is 20.5. The van der Waals surface area contributed by atoms with Crippen molar-refractivity contribution in [2.24, 2.45) is 11.3 Å². The molecule has 2 aliphatic carbocycles. The Morgan fingerprint density at radius 3 is 2.62 bits per heavy atom. The van der Waals surface area contributed by atoms with Crippen molar-refractivity contribution in [3.63, 3.8) is 0 Å². The van der Waals surface area contributed by atoms with Crippen LogP contribution in [0.2, 0.25) is 5.02 Å². The van der Waals surface area contributed by atoms with Gasteiger partial charge in [0.2, 0.25) is 0 Å². The molecular formula is C32H35ClO4. The van der Waals surface area contributed by atoms with Gasteiger partial charge >= 0.3 is 5.97 Å². The molecule has 0 amide bonds. The molecule has 5 rings (SSSR count). The van der Waals surface area contributed by atoms with Crippen LogP contribution in [0.5, 0.6) is 5.75 Å². The predicted molar refractivity (Wildman–Crippen MR) is 147 cm³/mol. The van der Waals surface area contributed by atoms with Gasteiger partial charge in [0.25, 0.3) is 0 Å². The Bertz CT molecular complexity index is 1320. The largest absolute Gasteiger partial charge is 0.489 e. The van der Waals surface area contributed by atoms with E-state index in [0.29, 0.717) is 11.6 Å². The van der Waals surface area contributed by atoms with E-state index in [9.17, 15) is 9.90 Å². The maximum Gasteiger partial charge on any atom is 0.307 e. The van der Waals surface area contributed by atoms with Crippen LogP contribution < -0.4 is 4.74 Å². The molecule has 3 aromatic rings. The second kappa shape index (κ2) is 9.81. The first-order valence-corrected chi connectivity index (χ1v) is 13.4. The van der Waals surface area contributed by atoms with E-state index in [1.54, 1.807) is 7.11 Å². The Kier molecular flexibility index (Phi) is 6.84. The van der Waals surface area contributed by atoms with E-state index in [1.807, 2.05) is 24.3 Å². The van der Waals surface area contributed by atoms with Gasteiger partial charge in [-0.3, -0.25) is 4.79 Å². The number of fused-ring (bicyclic) bond motifs is 2. The van der Waals surface area contributed by atoms with Gasteiger partial charge in [-0.15, -0.1) is 0 Å². The lowest BCUT2D eigenvalue weighted by molar-refractivity contribution is -0.139. The molecule has 1 saturated carbocycles. The fraction of sp³-hybridized carbons (Fsp3) is 0.406. The van der Waals surface area contributed by atoms with Crippen molar-refractivity contribution in [2.75, 3.05) is 7.11 Å². The molecule has 0 aromatic heterocycles. The Labute approximate surface area is 224 Å². The van der Waals surface area contributed by atoms with Crippen LogP contribution in [0.3, 0.4) is 0 Å². The average Bonchev–Trinajstić information content (AvgIpc) is 3.58. The number of carbonyl (C=O) groups is 1. The van der Waals surface area contributed by atoms with E-state index >= 15 is 0 Å². The molecule has 0 radical (unpaired) electrons. The van der Waals surface area contributed by atoms with Crippen LogP contribution in [0.25, 0.3) is 11.1 Å². The first-order valence-electron chi connectivity index (χ1n) is 13.0. The Morgan fingerprint density at radius 1 is 1.14 bits per heavy atom. The van der Waals surface area contributed by atoms with Crippen LogP contribution in [0.1, 0.15) is 68.4 Å². The fourth-order valence-corrected chi connectivity index (χ4v) is 6.40. The molecule has 0 unspecified atom stereocenters. The van der Waals surface area contributed by atoms with E-state index < -0.39 is 5.97 Å². The standard InChI is InChI=1S/C32H35ClO4/c1-31(2,3)29(36-4)26-15-20(10-13-25(26)22-7-5-9-23(33)16-22)19-37-24-12-11-21-8-6-14-32(27(21)17-24)18-28(32)30(34)35/h5,7,9-13,15-17,28-29H,6,8,14,18-19H2,1-4H3,(H,34,35)/t28-,29+,32-/m1/s1. The fourth-order valence-electron chi connectivity index (χ4n) is 6.21. The van der Waals surface area contributed by atoms with Crippen molar-refractivity contribution in [2.45, 2.75) is 64.6 Å². The minimum atomic E-state index is -0.682. The smallest absolute Gasteiger partial charge is 0.307 e. The van der Waals surface area contributed by atoms with Crippen molar-refractivity contribution in [1.29, 1.82) is 0 Å². The van der Waals surface area contributed by atoms with Gasteiger partial charge in [0, 0.05) is 17.5 Å². The van der Waals surface area contributed by atoms with Gasteiger partial charge in [-0.2, -0.15) is 0 Å². The normalized spacial score (nSPS) is 21.4. The van der Waals surface area contributed by atoms with Crippen LogP contribution in [-0.2, 0) is 28.0 Å². The minimum Gasteiger partial charge on any atom is -0.489 e. The third-order valence-electron chi connectivity index (χ3n) is 8.02. The van der Waals surface area contributed by atoms with E-state index in [1.165, 1.54) is 11.1 Å². The molecule has 1 fully saturated rings. The number of aryl methyl sites for hydroxylation is 1. The first kappa shape index (κ1) is 25.8. The zero-order valence-corrected chi connectivity index (χ0v) is 22.8. The molecule has 5 heteroatoms. The summed E-state index contributed by atoms with van der Waals surface area (Å²) in [5, 5.41) is 10.3. The van der Waals surface area contributed by atoms with Gasteiger partial charge in [0.15, 0.2) is 0 Å². The van der Waals surface area contributed by atoms with E-state index in [4.69, 9.17) is 21.1 Å². The molecule has 37 heavy (non-hydrogen) atoms. The van der Waals surface area contributed by atoms with Crippen molar-refractivity contribution < 1.29 is 19.4 Å². The van der Waals surface area contributed by atoms with Gasteiger partial charge in [-0.05, 0) is 94.8 Å². The molecule has 0 heterocycles. The van der Waals surface area contributed by atoms with Gasteiger partial charge in [-0.1, -0.05) is 62.7 Å². The number of hydrogen-bond donors (Lipinski definition) is 1. The summed E-state index contributed by atoms with van der Waals surface area (Å²) >= 11 is 6.32. The van der Waals surface area contributed by atoms with Crippen LogP contribution in [-0.4, -0.2) is 18.2 Å². The molecule has 0 saturated heterocycles. The molecule has 194 valence electrons. The van der Waals surface area contributed by atoms with E-state index in [0.717, 1.165) is 53.7 Å². The third-order valence-corrected chi connectivity index (χ3v) is 8.26. The minimum absolute atomic E-state index is 0.112. The van der Waals surface area contributed by atoms with E-state index in [-0.39, 0.29) is 22.9 Å². The molecule has 1 spiro atoms. The highest BCUT2D eigenvalue weighted by atomic mass is 35.5. The second-order valence-electron chi connectivity index (χ2n) is 11.6. The monoisotopic (exact) mass is 518 g/mol. The molecule has 0 bridgehead atoms. The number of halogens is 1. The topological polar surface area (TPSA) is 55.8 Å². The number of hydrogen-bond acceptors (Lipinski definition) is 3. The maximum atomic E-state index is 11.7. The zero-order chi connectivity index (χ0) is 26.4. The lowest BCUT2D eigenvalue weighted by Crippen LogP contribution is -2.21. The Morgan fingerprint density at radius 2 is 1.95 bits per heavy atom. The summed E-state index contributed by atoms with van der Waals surface area (Å²) < 4.78 is 12.3. The van der Waals surface area contributed by atoms with Gasteiger partial charge in [-0.25, -0.2) is 0 Å². The Hall–Kier alpha value is -2.82. The zero-order valence-electron chi connectivity index (χ0n) is 22.0. The number of carboxylic acids is 1. The molecule has 2 aliphatic rings. The van der Waals surface area contributed by atoms with Crippen molar-refractivity contribution >= 4 is 17.6 Å². The molecule has 0 aliphatic heterocycles. The van der Waals surface area contributed by atoms with Crippen LogP contribution >= 0.6 is 11.6 Å². The molecule has 3 aromatic carbocycles. The summed E-state index contributed by atoms with van der Waals surface area (Å²) in [7, 11) is 1.76. The maximum absolute atomic E-state index is 11.7. The number of methoxy groups -OCH3 is 1.